The number of H-pyrrole nitrogens is 1. The van der Waals surface area contributed by atoms with Gasteiger partial charge in [-0.15, -0.1) is 0 Å². The van der Waals surface area contributed by atoms with Crippen molar-refractivity contribution in [1.82, 2.24) is 24.9 Å². The molecule has 1 amide bonds. The molecule has 1 aliphatic heterocycles. The SMILES string of the molecule is Cc1cc(C)n(CC2CCCN2C(=O)c2cn[nH]c2C)n1. The molecule has 0 saturated carbocycles. The van der Waals surface area contributed by atoms with Gasteiger partial charge in [0.1, 0.15) is 0 Å². The lowest BCUT2D eigenvalue weighted by Gasteiger charge is -2.25. The Morgan fingerprint density at radius 2 is 2.24 bits per heavy atom. The smallest absolute Gasteiger partial charge is 0.257 e. The van der Waals surface area contributed by atoms with Crippen LogP contribution in [0.25, 0.3) is 0 Å². The molecule has 0 spiro atoms. The molecule has 6 heteroatoms. The average Bonchev–Trinajstić information content (AvgIpc) is 3.12. The largest absolute Gasteiger partial charge is 0.334 e. The number of nitrogens with one attached hydrogen (secondary N) is 1. The van der Waals surface area contributed by atoms with E-state index in [1.54, 1.807) is 6.20 Å². The van der Waals surface area contributed by atoms with Crippen LogP contribution >= 0.6 is 0 Å². The third kappa shape index (κ3) is 2.57. The standard InChI is InChI=1S/C15H21N5O/c1-10-7-11(2)20(18-10)9-13-5-4-6-19(13)15(21)14-8-16-17-12(14)3/h7-8,13H,4-6,9H2,1-3H3,(H,16,17). The van der Waals surface area contributed by atoms with E-state index < -0.39 is 0 Å². The molecule has 2 aromatic heterocycles. The highest BCUT2D eigenvalue weighted by molar-refractivity contribution is 5.95. The lowest BCUT2D eigenvalue weighted by atomic mass is 10.2. The Kier molecular flexibility index (Phi) is 3.53. The number of carbonyl (C=O) groups is 1. The molecule has 3 heterocycles. The molecule has 112 valence electrons. The summed E-state index contributed by atoms with van der Waals surface area (Å²) in [6, 6.07) is 2.28. The highest BCUT2D eigenvalue weighted by atomic mass is 16.2. The molecule has 1 saturated heterocycles. The quantitative estimate of drug-likeness (QED) is 0.936. The van der Waals surface area contributed by atoms with Gasteiger partial charge < -0.3 is 4.90 Å². The maximum atomic E-state index is 12.7. The van der Waals surface area contributed by atoms with Crippen LogP contribution in [0.2, 0.25) is 0 Å². The molecule has 1 atom stereocenters. The number of aromatic amines is 1. The molecule has 1 aliphatic rings. The van der Waals surface area contributed by atoms with Crippen LogP contribution in [-0.4, -0.2) is 43.4 Å². The van der Waals surface area contributed by atoms with Gasteiger partial charge in [0.25, 0.3) is 5.91 Å². The Balaban J connectivity index is 1.78. The molecular weight excluding hydrogens is 266 g/mol. The van der Waals surface area contributed by atoms with Crippen molar-refractivity contribution in [3.63, 3.8) is 0 Å². The van der Waals surface area contributed by atoms with Crippen molar-refractivity contribution in [3.8, 4) is 0 Å². The van der Waals surface area contributed by atoms with E-state index in [1.165, 1.54) is 0 Å². The normalized spacial score (nSPS) is 18.4. The highest BCUT2D eigenvalue weighted by Crippen LogP contribution is 2.22. The zero-order valence-corrected chi connectivity index (χ0v) is 12.8. The van der Waals surface area contributed by atoms with Gasteiger partial charge in [-0.1, -0.05) is 0 Å². The second-order valence-electron chi connectivity index (χ2n) is 5.81. The summed E-state index contributed by atoms with van der Waals surface area (Å²) >= 11 is 0. The molecule has 1 unspecified atom stereocenters. The number of aromatic nitrogens is 4. The Hall–Kier alpha value is -2.11. The maximum Gasteiger partial charge on any atom is 0.257 e. The molecule has 1 N–H and O–H groups in total. The van der Waals surface area contributed by atoms with Gasteiger partial charge in [-0.05, 0) is 39.7 Å². The fourth-order valence-corrected chi connectivity index (χ4v) is 3.07. The summed E-state index contributed by atoms with van der Waals surface area (Å²) in [6.07, 6.45) is 3.70. The zero-order chi connectivity index (χ0) is 15.0. The lowest BCUT2D eigenvalue weighted by molar-refractivity contribution is 0.0720. The van der Waals surface area contributed by atoms with Crippen LogP contribution in [0.3, 0.4) is 0 Å². The number of amides is 1. The van der Waals surface area contributed by atoms with Gasteiger partial charge in [0.15, 0.2) is 0 Å². The van der Waals surface area contributed by atoms with E-state index in [4.69, 9.17) is 0 Å². The number of carbonyl (C=O) groups excluding carboxylic acids is 1. The van der Waals surface area contributed by atoms with Crippen molar-refractivity contribution >= 4 is 5.91 Å². The van der Waals surface area contributed by atoms with Crippen LogP contribution in [0.4, 0.5) is 0 Å². The average molecular weight is 287 g/mol. The molecule has 3 rings (SSSR count). The predicted octanol–water partition coefficient (Wildman–Crippen LogP) is 1.84. The molecule has 2 aromatic rings. The van der Waals surface area contributed by atoms with Gasteiger partial charge in [0.05, 0.1) is 30.0 Å². The summed E-state index contributed by atoms with van der Waals surface area (Å²) in [5, 5.41) is 11.3. The first-order valence-electron chi connectivity index (χ1n) is 7.38. The van der Waals surface area contributed by atoms with Gasteiger partial charge in [0, 0.05) is 17.9 Å². The van der Waals surface area contributed by atoms with E-state index >= 15 is 0 Å². The molecule has 1 fully saturated rings. The van der Waals surface area contributed by atoms with Crippen molar-refractivity contribution in [2.24, 2.45) is 0 Å². The lowest BCUT2D eigenvalue weighted by Crippen LogP contribution is -2.38. The Labute approximate surface area is 124 Å². The van der Waals surface area contributed by atoms with Gasteiger partial charge in [0.2, 0.25) is 0 Å². The zero-order valence-electron chi connectivity index (χ0n) is 12.8. The summed E-state index contributed by atoms with van der Waals surface area (Å²) in [5.41, 5.74) is 3.67. The van der Waals surface area contributed by atoms with Crippen molar-refractivity contribution in [2.75, 3.05) is 6.54 Å². The minimum Gasteiger partial charge on any atom is -0.334 e. The Morgan fingerprint density at radius 1 is 1.43 bits per heavy atom. The van der Waals surface area contributed by atoms with Crippen LogP contribution in [0.5, 0.6) is 0 Å². The first kappa shape index (κ1) is 13.9. The first-order chi connectivity index (χ1) is 10.1. The number of nitrogens with zero attached hydrogens (tertiary/aromatic N) is 4. The van der Waals surface area contributed by atoms with Crippen molar-refractivity contribution < 1.29 is 4.79 Å². The van der Waals surface area contributed by atoms with E-state index in [-0.39, 0.29) is 11.9 Å². The summed E-state index contributed by atoms with van der Waals surface area (Å²) < 4.78 is 2.01. The van der Waals surface area contributed by atoms with Crippen LogP contribution in [-0.2, 0) is 6.54 Å². The minimum atomic E-state index is 0.0743. The number of aryl methyl sites for hydroxylation is 3. The number of hydrogen-bond acceptors (Lipinski definition) is 3. The fourth-order valence-electron chi connectivity index (χ4n) is 3.07. The predicted molar refractivity (Wildman–Crippen MR) is 79.1 cm³/mol. The molecular formula is C15H21N5O. The number of rotatable bonds is 3. The van der Waals surface area contributed by atoms with E-state index in [0.29, 0.717) is 5.56 Å². The summed E-state index contributed by atoms with van der Waals surface area (Å²) in [7, 11) is 0. The summed E-state index contributed by atoms with van der Waals surface area (Å²) in [6.45, 7) is 7.51. The molecule has 0 bridgehead atoms. The van der Waals surface area contributed by atoms with Gasteiger partial charge in [-0.25, -0.2) is 0 Å². The maximum absolute atomic E-state index is 12.7. The number of likely N-dealkylation sites (tertiary alicyclic amines) is 1. The van der Waals surface area contributed by atoms with E-state index in [2.05, 4.69) is 28.3 Å². The molecule has 21 heavy (non-hydrogen) atoms. The van der Waals surface area contributed by atoms with Crippen LogP contribution in [0, 0.1) is 20.8 Å². The Morgan fingerprint density at radius 3 is 2.86 bits per heavy atom. The van der Waals surface area contributed by atoms with Crippen molar-refractivity contribution in [2.45, 2.75) is 46.2 Å². The van der Waals surface area contributed by atoms with Gasteiger partial charge >= 0.3 is 0 Å². The molecule has 0 aromatic carbocycles. The van der Waals surface area contributed by atoms with Crippen molar-refractivity contribution in [3.05, 3.63) is 34.9 Å². The van der Waals surface area contributed by atoms with E-state index in [9.17, 15) is 4.79 Å². The second-order valence-corrected chi connectivity index (χ2v) is 5.81. The first-order valence-corrected chi connectivity index (χ1v) is 7.38. The minimum absolute atomic E-state index is 0.0743. The van der Waals surface area contributed by atoms with E-state index in [0.717, 1.165) is 43.0 Å². The molecule has 0 aliphatic carbocycles. The number of hydrogen-bond donors (Lipinski definition) is 1. The van der Waals surface area contributed by atoms with Crippen LogP contribution < -0.4 is 0 Å². The van der Waals surface area contributed by atoms with Crippen LogP contribution in [0.15, 0.2) is 12.3 Å². The van der Waals surface area contributed by atoms with Crippen LogP contribution in [0.1, 0.15) is 40.3 Å². The monoisotopic (exact) mass is 287 g/mol. The van der Waals surface area contributed by atoms with Gasteiger partial charge in [-0.2, -0.15) is 10.2 Å². The highest BCUT2D eigenvalue weighted by Gasteiger charge is 2.31. The molecule has 6 nitrogen and oxygen atoms in total. The Bertz CT molecular complexity index is 657. The second kappa shape index (κ2) is 5.35. The molecule has 0 radical (unpaired) electrons. The summed E-state index contributed by atoms with van der Waals surface area (Å²) in [4.78, 5) is 14.6. The van der Waals surface area contributed by atoms with Gasteiger partial charge in [-0.3, -0.25) is 14.6 Å². The fraction of sp³-hybridized carbons (Fsp3) is 0.533. The summed E-state index contributed by atoms with van der Waals surface area (Å²) in [5.74, 6) is 0.0743. The van der Waals surface area contributed by atoms with E-state index in [1.807, 2.05) is 23.4 Å². The van der Waals surface area contributed by atoms with Crippen molar-refractivity contribution in [1.29, 1.82) is 0 Å². The third-order valence-corrected chi connectivity index (χ3v) is 4.19. The topological polar surface area (TPSA) is 66.8 Å². The third-order valence-electron chi connectivity index (χ3n) is 4.19.